The van der Waals surface area contributed by atoms with Crippen molar-refractivity contribution in [1.29, 1.82) is 0 Å². The van der Waals surface area contributed by atoms with Gasteiger partial charge in [0.05, 0.1) is 4.47 Å². The summed E-state index contributed by atoms with van der Waals surface area (Å²) in [5.41, 5.74) is 0.780. The maximum absolute atomic E-state index is 13.0. The Morgan fingerprint density at radius 3 is 2.73 bits per heavy atom. The fraction of sp³-hybridized carbons (Fsp3) is 0.417. The summed E-state index contributed by atoms with van der Waals surface area (Å²) in [5.74, 6) is -0.0233. The second-order valence-corrected chi connectivity index (χ2v) is 5.26. The van der Waals surface area contributed by atoms with Crippen LogP contribution in [-0.2, 0) is 11.2 Å². The molecule has 1 aromatic rings. The molecule has 0 radical (unpaired) electrons. The number of ketones is 1. The molecular weight excluding hydrogens is 259 g/mol. The second kappa shape index (κ2) is 3.71. The van der Waals surface area contributed by atoms with Crippen LogP contribution in [0.4, 0.5) is 4.39 Å². The number of carbonyl (C=O) groups is 1. The van der Waals surface area contributed by atoms with Crippen molar-refractivity contribution in [2.45, 2.75) is 26.2 Å². The van der Waals surface area contributed by atoms with E-state index in [1.54, 1.807) is 12.1 Å². The van der Waals surface area contributed by atoms with Crippen molar-refractivity contribution in [2.75, 3.05) is 0 Å². The molecule has 2 rings (SSSR count). The van der Waals surface area contributed by atoms with Gasteiger partial charge in [-0.05, 0) is 46.5 Å². The van der Waals surface area contributed by atoms with E-state index in [4.69, 9.17) is 0 Å². The first-order valence-electron chi connectivity index (χ1n) is 4.98. The summed E-state index contributed by atoms with van der Waals surface area (Å²) >= 11 is 3.12. The third-order valence-electron chi connectivity index (χ3n) is 3.02. The molecule has 0 unspecified atom stereocenters. The van der Waals surface area contributed by atoms with Crippen LogP contribution in [0.5, 0.6) is 0 Å². The lowest BCUT2D eigenvalue weighted by molar-refractivity contribution is -0.122. The number of halogens is 2. The number of benzene rings is 1. The molecule has 0 aliphatic heterocycles. The van der Waals surface area contributed by atoms with Crippen molar-refractivity contribution >= 4 is 21.7 Å². The first-order chi connectivity index (χ1) is 7.01. The van der Waals surface area contributed by atoms with Gasteiger partial charge in [-0.25, -0.2) is 4.39 Å². The quantitative estimate of drug-likeness (QED) is 0.822. The van der Waals surface area contributed by atoms with Crippen molar-refractivity contribution < 1.29 is 9.18 Å². The Labute approximate surface area is 96.8 Å². The highest BCUT2D eigenvalue weighted by Crippen LogP contribution is 2.46. The molecule has 0 spiro atoms. The molecule has 1 aliphatic carbocycles. The summed E-state index contributed by atoms with van der Waals surface area (Å²) < 4.78 is 13.4. The Morgan fingerprint density at radius 2 is 2.20 bits per heavy atom. The van der Waals surface area contributed by atoms with Gasteiger partial charge in [0.2, 0.25) is 0 Å². The lowest BCUT2D eigenvalue weighted by Gasteiger charge is -2.07. The molecule has 1 fully saturated rings. The third kappa shape index (κ3) is 2.28. The smallest absolute Gasteiger partial charge is 0.143 e. The van der Waals surface area contributed by atoms with Gasteiger partial charge < -0.3 is 0 Å². The van der Waals surface area contributed by atoms with Gasteiger partial charge in [0.15, 0.2) is 0 Å². The largest absolute Gasteiger partial charge is 0.299 e. The van der Waals surface area contributed by atoms with E-state index < -0.39 is 0 Å². The highest BCUT2D eigenvalue weighted by molar-refractivity contribution is 9.10. The highest BCUT2D eigenvalue weighted by Gasteiger charge is 2.43. The summed E-state index contributed by atoms with van der Waals surface area (Å²) in [5, 5.41) is 0. The van der Waals surface area contributed by atoms with E-state index in [1.807, 2.05) is 6.92 Å². The van der Waals surface area contributed by atoms with Crippen LogP contribution in [0.1, 0.15) is 25.3 Å². The zero-order valence-electron chi connectivity index (χ0n) is 8.52. The molecule has 80 valence electrons. The monoisotopic (exact) mass is 270 g/mol. The molecule has 0 amide bonds. The summed E-state index contributed by atoms with van der Waals surface area (Å²) in [6, 6.07) is 4.74. The molecule has 0 heterocycles. The van der Waals surface area contributed by atoms with Gasteiger partial charge in [-0.15, -0.1) is 0 Å². The van der Waals surface area contributed by atoms with Crippen molar-refractivity contribution in [3.63, 3.8) is 0 Å². The minimum atomic E-state index is -0.288. The Morgan fingerprint density at radius 1 is 1.53 bits per heavy atom. The highest BCUT2D eigenvalue weighted by atomic mass is 79.9. The van der Waals surface area contributed by atoms with E-state index in [0.29, 0.717) is 10.9 Å². The SMILES string of the molecule is CC1(C(=O)Cc2ccc(F)c(Br)c2)CC1. The standard InChI is InChI=1S/C12H12BrFO/c1-12(4-5-12)11(15)7-8-2-3-10(14)9(13)6-8/h2-3,6H,4-5,7H2,1H3. The van der Waals surface area contributed by atoms with Crippen LogP contribution in [0.25, 0.3) is 0 Å². The topological polar surface area (TPSA) is 17.1 Å². The summed E-state index contributed by atoms with van der Waals surface area (Å²) in [4.78, 5) is 11.8. The average molecular weight is 271 g/mol. The van der Waals surface area contributed by atoms with Crippen LogP contribution in [0.2, 0.25) is 0 Å². The van der Waals surface area contributed by atoms with E-state index in [0.717, 1.165) is 18.4 Å². The first-order valence-corrected chi connectivity index (χ1v) is 5.78. The van der Waals surface area contributed by atoms with Gasteiger partial charge in [0.25, 0.3) is 0 Å². The lowest BCUT2D eigenvalue weighted by Crippen LogP contribution is -2.14. The summed E-state index contributed by atoms with van der Waals surface area (Å²) in [6.45, 7) is 1.99. The van der Waals surface area contributed by atoms with E-state index in [9.17, 15) is 9.18 Å². The van der Waals surface area contributed by atoms with Crippen LogP contribution in [0.3, 0.4) is 0 Å². The predicted octanol–water partition coefficient (Wildman–Crippen LogP) is 3.50. The van der Waals surface area contributed by atoms with Gasteiger partial charge in [-0.2, -0.15) is 0 Å². The maximum Gasteiger partial charge on any atom is 0.143 e. The summed E-state index contributed by atoms with van der Waals surface area (Å²) in [6.07, 6.45) is 2.40. The van der Waals surface area contributed by atoms with Gasteiger partial charge in [-0.3, -0.25) is 4.79 Å². The van der Waals surface area contributed by atoms with Gasteiger partial charge in [-0.1, -0.05) is 13.0 Å². The van der Waals surface area contributed by atoms with Crippen LogP contribution < -0.4 is 0 Å². The van der Waals surface area contributed by atoms with Gasteiger partial charge in [0.1, 0.15) is 11.6 Å². The Hall–Kier alpha value is -0.700. The molecule has 1 saturated carbocycles. The van der Waals surface area contributed by atoms with E-state index in [-0.39, 0.29) is 17.0 Å². The maximum atomic E-state index is 13.0. The Bertz CT molecular complexity index is 410. The second-order valence-electron chi connectivity index (χ2n) is 4.41. The summed E-state index contributed by atoms with van der Waals surface area (Å²) in [7, 11) is 0. The number of carbonyl (C=O) groups excluding carboxylic acids is 1. The Kier molecular flexibility index (Phi) is 2.67. The van der Waals surface area contributed by atoms with Crippen molar-refractivity contribution in [1.82, 2.24) is 0 Å². The Balaban J connectivity index is 2.11. The molecule has 15 heavy (non-hydrogen) atoms. The van der Waals surface area contributed by atoms with E-state index in [2.05, 4.69) is 15.9 Å². The number of hydrogen-bond donors (Lipinski definition) is 0. The van der Waals surface area contributed by atoms with Crippen LogP contribution in [0.15, 0.2) is 22.7 Å². The van der Waals surface area contributed by atoms with Gasteiger partial charge in [0, 0.05) is 11.8 Å². The predicted molar refractivity (Wildman–Crippen MR) is 60.2 cm³/mol. The van der Waals surface area contributed by atoms with E-state index >= 15 is 0 Å². The lowest BCUT2D eigenvalue weighted by atomic mass is 9.97. The zero-order valence-corrected chi connectivity index (χ0v) is 10.1. The zero-order chi connectivity index (χ0) is 11.1. The fourth-order valence-electron chi connectivity index (χ4n) is 1.51. The van der Waals surface area contributed by atoms with Crippen LogP contribution in [0, 0.1) is 11.2 Å². The van der Waals surface area contributed by atoms with Gasteiger partial charge >= 0.3 is 0 Å². The molecule has 0 aromatic heterocycles. The van der Waals surface area contributed by atoms with Crippen molar-refractivity contribution in [3.8, 4) is 0 Å². The minimum absolute atomic E-state index is 0.0964. The molecule has 0 atom stereocenters. The molecule has 1 aromatic carbocycles. The molecule has 0 bridgehead atoms. The number of hydrogen-bond acceptors (Lipinski definition) is 1. The van der Waals surface area contributed by atoms with Crippen LogP contribution in [-0.4, -0.2) is 5.78 Å². The normalized spacial score (nSPS) is 17.5. The fourth-order valence-corrected chi connectivity index (χ4v) is 1.94. The third-order valence-corrected chi connectivity index (χ3v) is 3.63. The molecule has 1 aliphatic rings. The first kappa shape index (κ1) is 10.8. The van der Waals surface area contributed by atoms with Crippen LogP contribution >= 0.6 is 15.9 Å². The van der Waals surface area contributed by atoms with Crippen molar-refractivity contribution in [3.05, 3.63) is 34.1 Å². The molecule has 0 saturated heterocycles. The molecular formula is C12H12BrFO. The minimum Gasteiger partial charge on any atom is -0.299 e. The number of Topliss-reactive ketones (excluding diaryl/α,β-unsaturated/α-hetero) is 1. The molecule has 1 nitrogen and oxygen atoms in total. The number of rotatable bonds is 3. The molecule has 3 heteroatoms. The average Bonchev–Trinajstić information content (AvgIpc) is 2.92. The van der Waals surface area contributed by atoms with E-state index in [1.165, 1.54) is 6.07 Å². The van der Waals surface area contributed by atoms with Crippen molar-refractivity contribution in [2.24, 2.45) is 5.41 Å². The molecule has 0 N–H and O–H groups in total.